The molecule has 0 saturated carbocycles. The van der Waals surface area contributed by atoms with Gasteiger partial charge in [0.15, 0.2) is 0 Å². The van der Waals surface area contributed by atoms with Crippen molar-refractivity contribution in [2.75, 3.05) is 26.4 Å². The van der Waals surface area contributed by atoms with Gasteiger partial charge in [-0.15, -0.1) is 12.4 Å². The summed E-state index contributed by atoms with van der Waals surface area (Å²) in [7, 11) is 0. The molecule has 2 saturated heterocycles. The minimum atomic E-state index is 0. The van der Waals surface area contributed by atoms with E-state index in [1.54, 1.807) is 0 Å². The lowest BCUT2D eigenvalue weighted by Gasteiger charge is -1.76. The van der Waals surface area contributed by atoms with Crippen molar-refractivity contribution in [1.82, 2.24) is 0 Å². The van der Waals surface area contributed by atoms with Gasteiger partial charge in [0.05, 0.1) is 0 Å². The van der Waals surface area contributed by atoms with E-state index in [1.807, 2.05) is 0 Å². The van der Waals surface area contributed by atoms with Crippen LogP contribution in [0.2, 0.25) is 0 Å². The van der Waals surface area contributed by atoms with Crippen molar-refractivity contribution in [2.45, 2.75) is 25.7 Å². The molecule has 0 amide bonds. The van der Waals surface area contributed by atoms with Crippen molar-refractivity contribution in [3.63, 3.8) is 0 Å². The molecule has 2 fully saturated rings. The number of ether oxygens (including phenoxy) is 2. The van der Waals surface area contributed by atoms with Crippen LogP contribution in [0.25, 0.3) is 0 Å². The Labute approximate surface area is 74.7 Å². The van der Waals surface area contributed by atoms with Gasteiger partial charge in [0, 0.05) is 26.4 Å². The molecule has 68 valence electrons. The van der Waals surface area contributed by atoms with Crippen molar-refractivity contribution >= 4 is 12.4 Å². The van der Waals surface area contributed by atoms with Gasteiger partial charge in [-0.05, 0) is 25.7 Å². The first-order valence-electron chi connectivity index (χ1n) is 4.15. The van der Waals surface area contributed by atoms with Crippen LogP contribution in [0, 0.1) is 0 Å². The second kappa shape index (κ2) is 8.31. The topological polar surface area (TPSA) is 18.5 Å². The zero-order chi connectivity index (χ0) is 7.07. The smallest absolute Gasteiger partial charge is 0.0466 e. The first kappa shape index (κ1) is 11.2. The van der Waals surface area contributed by atoms with E-state index in [0.29, 0.717) is 0 Å². The van der Waals surface area contributed by atoms with Crippen molar-refractivity contribution in [1.29, 1.82) is 0 Å². The van der Waals surface area contributed by atoms with E-state index in [1.165, 1.54) is 25.7 Å². The van der Waals surface area contributed by atoms with Crippen LogP contribution >= 0.6 is 12.4 Å². The van der Waals surface area contributed by atoms with E-state index >= 15 is 0 Å². The largest absolute Gasteiger partial charge is 0.381 e. The molecular formula is C8H17ClO2. The second-order valence-corrected chi connectivity index (χ2v) is 2.64. The van der Waals surface area contributed by atoms with E-state index in [-0.39, 0.29) is 12.4 Å². The summed E-state index contributed by atoms with van der Waals surface area (Å²) >= 11 is 0. The van der Waals surface area contributed by atoms with Gasteiger partial charge in [0.1, 0.15) is 0 Å². The third kappa shape index (κ3) is 6.60. The molecule has 0 aromatic carbocycles. The van der Waals surface area contributed by atoms with Gasteiger partial charge in [-0.2, -0.15) is 0 Å². The van der Waals surface area contributed by atoms with E-state index in [9.17, 15) is 0 Å². The maximum Gasteiger partial charge on any atom is 0.0466 e. The SMILES string of the molecule is C1CCOC1.C1CCOC1.Cl. The summed E-state index contributed by atoms with van der Waals surface area (Å²) in [6.45, 7) is 4.00. The molecule has 0 aliphatic carbocycles. The molecular weight excluding hydrogens is 164 g/mol. The molecule has 11 heavy (non-hydrogen) atoms. The Bertz CT molecular complexity index is 45.3. The molecule has 2 heterocycles. The maximum absolute atomic E-state index is 4.94. The number of hydrogen-bond donors (Lipinski definition) is 0. The van der Waals surface area contributed by atoms with Gasteiger partial charge in [0.2, 0.25) is 0 Å². The van der Waals surface area contributed by atoms with Crippen LogP contribution in [0.5, 0.6) is 0 Å². The first-order valence-corrected chi connectivity index (χ1v) is 4.15. The minimum Gasteiger partial charge on any atom is -0.381 e. The van der Waals surface area contributed by atoms with Gasteiger partial charge >= 0.3 is 0 Å². The zero-order valence-electron chi connectivity index (χ0n) is 6.88. The number of rotatable bonds is 0. The van der Waals surface area contributed by atoms with Gasteiger partial charge < -0.3 is 9.47 Å². The summed E-state index contributed by atoms with van der Waals surface area (Å²) in [5, 5.41) is 0. The molecule has 0 aromatic rings. The first-order chi connectivity index (χ1) is 5.00. The van der Waals surface area contributed by atoms with E-state index < -0.39 is 0 Å². The Morgan fingerprint density at radius 1 is 0.545 bits per heavy atom. The molecule has 0 atom stereocenters. The molecule has 0 N–H and O–H groups in total. The fourth-order valence-corrected chi connectivity index (χ4v) is 1.02. The van der Waals surface area contributed by atoms with Crippen LogP contribution in [0.4, 0.5) is 0 Å². The second-order valence-electron chi connectivity index (χ2n) is 2.64. The Kier molecular flexibility index (Phi) is 8.47. The highest BCUT2D eigenvalue weighted by atomic mass is 35.5. The van der Waals surface area contributed by atoms with E-state index in [4.69, 9.17) is 9.47 Å². The van der Waals surface area contributed by atoms with Crippen molar-refractivity contribution in [3.8, 4) is 0 Å². The average Bonchev–Trinajstić information content (AvgIpc) is 2.67. The molecule has 2 aliphatic heterocycles. The fraction of sp³-hybridized carbons (Fsp3) is 1.00. The van der Waals surface area contributed by atoms with Gasteiger partial charge in [-0.25, -0.2) is 0 Å². The molecule has 3 heteroatoms. The molecule has 0 aromatic heterocycles. The minimum absolute atomic E-state index is 0. The predicted octanol–water partition coefficient (Wildman–Crippen LogP) is 2.02. The predicted molar refractivity (Wildman–Crippen MR) is 47.4 cm³/mol. The lowest BCUT2D eigenvalue weighted by Crippen LogP contribution is -1.74. The summed E-state index contributed by atoms with van der Waals surface area (Å²) in [6, 6.07) is 0. The van der Waals surface area contributed by atoms with Crippen molar-refractivity contribution in [3.05, 3.63) is 0 Å². The molecule has 0 bridgehead atoms. The molecule has 0 radical (unpaired) electrons. The monoisotopic (exact) mass is 180 g/mol. The van der Waals surface area contributed by atoms with E-state index in [0.717, 1.165) is 26.4 Å². The standard InChI is InChI=1S/2C4H8O.ClH/c2*1-2-4-5-3-1;/h2*1-4H2;1H. The quantitative estimate of drug-likeness (QED) is 0.568. The summed E-state index contributed by atoms with van der Waals surface area (Å²) in [4.78, 5) is 0. The molecule has 0 spiro atoms. The lowest BCUT2D eigenvalue weighted by molar-refractivity contribution is 0.198. The Morgan fingerprint density at radius 2 is 0.818 bits per heavy atom. The lowest BCUT2D eigenvalue weighted by atomic mass is 10.4. The summed E-state index contributed by atoms with van der Waals surface area (Å²) in [6.07, 6.45) is 5.11. The van der Waals surface area contributed by atoms with E-state index in [2.05, 4.69) is 0 Å². The van der Waals surface area contributed by atoms with Gasteiger partial charge in [-0.1, -0.05) is 0 Å². The third-order valence-electron chi connectivity index (χ3n) is 1.65. The van der Waals surface area contributed by atoms with Crippen molar-refractivity contribution in [2.24, 2.45) is 0 Å². The third-order valence-corrected chi connectivity index (χ3v) is 1.65. The van der Waals surface area contributed by atoms with Gasteiger partial charge in [-0.3, -0.25) is 0 Å². The Morgan fingerprint density at radius 3 is 0.909 bits per heavy atom. The van der Waals surface area contributed by atoms with Crippen LogP contribution in [-0.2, 0) is 9.47 Å². The van der Waals surface area contributed by atoms with Gasteiger partial charge in [0.25, 0.3) is 0 Å². The summed E-state index contributed by atoms with van der Waals surface area (Å²) in [5.41, 5.74) is 0. The molecule has 2 aliphatic rings. The normalized spacial score (nSPS) is 21.8. The van der Waals surface area contributed by atoms with Crippen LogP contribution in [-0.4, -0.2) is 26.4 Å². The number of hydrogen-bond acceptors (Lipinski definition) is 2. The number of halogens is 1. The van der Waals surface area contributed by atoms with Crippen LogP contribution < -0.4 is 0 Å². The fourth-order valence-electron chi connectivity index (χ4n) is 1.02. The molecule has 2 nitrogen and oxygen atoms in total. The highest BCUT2D eigenvalue weighted by molar-refractivity contribution is 5.85. The molecule has 0 unspecified atom stereocenters. The van der Waals surface area contributed by atoms with Crippen LogP contribution in [0.3, 0.4) is 0 Å². The highest BCUT2D eigenvalue weighted by Gasteiger charge is 1.95. The Hall–Kier alpha value is 0.210. The zero-order valence-corrected chi connectivity index (χ0v) is 7.70. The average molecular weight is 181 g/mol. The maximum atomic E-state index is 4.94. The summed E-state index contributed by atoms with van der Waals surface area (Å²) < 4.78 is 9.89. The Balaban J connectivity index is 0.000000167. The van der Waals surface area contributed by atoms with Crippen molar-refractivity contribution < 1.29 is 9.47 Å². The summed E-state index contributed by atoms with van der Waals surface area (Å²) in [5.74, 6) is 0. The van der Waals surface area contributed by atoms with Crippen LogP contribution in [0.15, 0.2) is 0 Å². The highest BCUT2D eigenvalue weighted by Crippen LogP contribution is 1.98. The molecule has 2 rings (SSSR count). The van der Waals surface area contributed by atoms with Crippen LogP contribution in [0.1, 0.15) is 25.7 Å².